The number of amides is 3. The van der Waals surface area contributed by atoms with Crippen molar-refractivity contribution in [1.29, 1.82) is 0 Å². The van der Waals surface area contributed by atoms with Crippen LogP contribution < -0.4 is 25.4 Å². The summed E-state index contributed by atoms with van der Waals surface area (Å²) in [6.45, 7) is 5.58. The molecule has 2 rings (SSSR count). The fraction of sp³-hybridized carbons (Fsp3) is 0.375. The second-order valence-electron chi connectivity index (χ2n) is 8.14. The van der Waals surface area contributed by atoms with Crippen molar-refractivity contribution in [3.8, 4) is 11.5 Å². The molecule has 0 aliphatic rings. The number of methoxy groups -OCH3 is 1. The lowest BCUT2D eigenvalue weighted by atomic mass is 10.2. The maximum Gasteiger partial charge on any atom is 0.407 e. The highest BCUT2D eigenvalue weighted by molar-refractivity contribution is 5.92. The van der Waals surface area contributed by atoms with E-state index in [2.05, 4.69) is 16.0 Å². The molecule has 0 aliphatic carbocycles. The van der Waals surface area contributed by atoms with Gasteiger partial charge in [-0.1, -0.05) is 24.3 Å². The van der Waals surface area contributed by atoms with Crippen LogP contribution in [-0.4, -0.2) is 43.8 Å². The summed E-state index contributed by atoms with van der Waals surface area (Å²) in [7, 11) is 1.53. The summed E-state index contributed by atoms with van der Waals surface area (Å²) in [6, 6.07) is 14.2. The van der Waals surface area contributed by atoms with Gasteiger partial charge < -0.3 is 30.2 Å². The van der Waals surface area contributed by atoms with Crippen molar-refractivity contribution in [2.24, 2.45) is 0 Å². The minimum absolute atomic E-state index is 0.121. The van der Waals surface area contributed by atoms with Gasteiger partial charge in [0.05, 0.1) is 7.11 Å². The summed E-state index contributed by atoms with van der Waals surface area (Å²) in [6.07, 6.45) is -0.441. The molecule has 0 aromatic heterocycles. The van der Waals surface area contributed by atoms with Gasteiger partial charge in [0.15, 0.2) is 18.1 Å². The second-order valence-corrected chi connectivity index (χ2v) is 8.14. The molecule has 2 aromatic rings. The molecule has 9 heteroatoms. The summed E-state index contributed by atoms with van der Waals surface area (Å²) in [5.41, 5.74) is 0.807. The minimum atomic E-state index is -0.590. The molecular weight excluding hydrogens is 426 g/mol. The van der Waals surface area contributed by atoms with Crippen LogP contribution in [0.25, 0.3) is 0 Å². The van der Waals surface area contributed by atoms with Gasteiger partial charge in [-0.05, 0) is 50.6 Å². The zero-order valence-electron chi connectivity index (χ0n) is 19.4. The summed E-state index contributed by atoms with van der Waals surface area (Å²) < 4.78 is 15.8. The van der Waals surface area contributed by atoms with Crippen molar-refractivity contribution < 1.29 is 28.6 Å². The van der Waals surface area contributed by atoms with Crippen LogP contribution in [-0.2, 0) is 20.9 Å². The van der Waals surface area contributed by atoms with E-state index >= 15 is 0 Å². The van der Waals surface area contributed by atoms with Gasteiger partial charge in [-0.15, -0.1) is 0 Å². The Morgan fingerprint density at radius 3 is 2.33 bits per heavy atom. The number of para-hydroxylation sites is 2. The lowest BCUT2D eigenvalue weighted by Crippen LogP contribution is -2.35. The van der Waals surface area contributed by atoms with Crippen LogP contribution in [0.2, 0.25) is 0 Å². The zero-order chi connectivity index (χ0) is 24.3. The molecule has 33 heavy (non-hydrogen) atoms. The summed E-state index contributed by atoms with van der Waals surface area (Å²) >= 11 is 0. The highest BCUT2D eigenvalue weighted by Crippen LogP contribution is 2.25. The number of ether oxygens (including phenoxy) is 3. The average molecular weight is 458 g/mol. The van der Waals surface area contributed by atoms with Crippen LogP contribution in [0.3, 0.4) is 0 Å². The number of carbonyl (C=O) groups is 3. The third kappa shape index (κ3) is 9.94. The van der Waals surface area contributed by atoms with E-state index in [4.69, 9.17) is 14.2 Å². The first-order valence-corrected chi connectivity index (χ1v) is 10.5. The average Bonchev–Trinajstić information content (AvgIpc) is 2.75. The van der Waals surface area contributed by atoms with Crippen molar-refractivity contribution in [3.63, 3.8) is 0 Å². The van der Waals surface area contributed by atoms with E-state index in [0.717, 1.165) is 5.56 Å². The molecule has 2 aromatic carbocycles. The van der Waals surface area contributed by atoms with Gasteiger partial charge in [0.1, 0.15) is 5.60 Å². The van der Waals surface area contributed by atoms with E-state index in [1.54, 1.807) is 57.2 Å². The van der Waals surface area contributed by atoms with Crippen molar-refractivity contribution in [3.05, 3.63) is 54.1 Å². The number of alkyl carbamates (subject to hydrolysis) is 1. The number of carbonyl (C=O) groups excluding carboxylic acids is 3. The number of hydrogen-bond donors (Lipinski definition) is 3. The molecule has 0 aliphatic heterocycles. The van der Waals surface area contributed by atoms with Crippen LogP contribution >= 0.6 is 0 Å². The predicted octanol–water partition coefficient (Wildman–Crippen LogP) is 3.24. The topological polar surface area (TPSA) is 115 Å². The fourth-order valence-electron chi connectivity index (χ4n) is 2.72. The van der Waals surface area contributed by atoms with Gasteiger partial charge in [-0.3, -0.25) is 9.59 Å². The fourth-order valence-corrected chi connectivity index (χ4v) is 2.72. The van der Waals surface area contributed by atoms with Crippen LogP contribution in [0.4, 0.5) is 10.5 Å². The second kappa shape index (κ2) is 12.3. The van der Waals surface area contributed by atoms with E-state index in [-0.39, 0.29) is 37.9 Å². The summed E-state index contributed by atoms with van der Waals surface area (Å²) in [5.74, 6) is 0.484. The zero-order valence-corrected chi connectivity index (χ0v) is 19.4. The number of anilines is 1. The maximum absolute atomic E-state index is 12.2. The molecule has 0 fully saturated rings. The van der Waals surface area contributed by atoms with E-state index in [9.17, 15) is 14.4 Å². The Kier molecular flexibility index (Phi) is 9.53. The van der Waals surface area contributed by atoms with Crippen molar-refractivity contribution >= 4 is 23.6 Å². The van der Waals surface area contributed by atoms with Crippen molar-refractivity contribution in [2.75, 3.05) is 25.6 Å². The van der Waals surface area contributed by atoms with Crippen LogP contribution in [0.1, 0.15) is 32.8 Å². The third-order valence-corrected chi connectivity index (χ3v) is 4.15. The highest BCUT2D eigenvalue weighted by atomic mass is 16.6. The van der Waals surface area contributed by atoms with E-state index in [0.29, 0.717) is 17.2 Å². The molecule has 0 atom stereocenters. The first-order chi connectivity index (χ1) is 15.7. The minimum Gasteiger partial charge on any atom is -0.493 e. The SMILES string of the molecule is COc1ccccc1OCC(=O)Nc1cccc(CNC(=O)CCNC(=O)OC(C)(C)C)c1. The Morgan fingerprint density at radius 1 is 0.909 bits per heavy atom. The smallest absolute Gasteiger partial charge is 0.407 e. The van der Waals surface area contributed by atoms with Crippen LogP contribution in [0.5, 0.6) is 11.5 Å². The Balaban J connectivity index is 1.74. The Hall–Kier alpha value is -3.75. The number of rotatable bonds is 10. The first-order valence-electron chi connectivity index (χ1n) is 10.5. The number of hydrogen-bond acceptors (Lipinski definition) is 6. The monoisotopic (exact) mass is 457 g/mol. The molecule has 3 amide bonds. The number of nitrogens with one attached hydrogen (secondary N) is 3. The van der Waals surface area contributed by atoms with E-state index in [1.807, 2.05) is 12.1 Å². The van der Waals surface area contributed by atoms with Crippen molar-refractivity contribution in [2.45, 2.75) is 39.3 Å². The Morgan fingerprint density at radius 2 is 1.64 bits per heavy atom. The summed E-state index contributed by atoms with van der Waals surface area (Å²) in [5, 5.41) is 8.08. The normalized spacial score (nSPS) is 10.7. The third-order valence-electron chi connectivity index (χ3n) is 4.15. The van der Waals surface area contributed by atoms with Gasteiger partial charge in [0.2, 0.25) is 5.91 Å². The quantitative estimate of drug-likeness (QED) is 0.505. The molecule has 0 unspecified atom stereocenters. The van der Waals surface area contributed by atoms with Gasteiger partial charge in [-0.2, -0.15) is 0 Å². The predicted molar refractivity (Wildman–Crippen MR) is 124 cm³/mol. The van der Waals surface area contributed by atoms with Crippen LogP contribution in [0.15, 0.2) is 48.5 Å². The Labute approximate surface area is 193 Å². The van der Waals surface area contributed by atoms with Gasteiger partial charge >= 0.3 is 6.09 Å². The molecule has 0 saturated carbocycles. The molecule has 0 radical (unpaired) electrons. The maximum atomic E-state index is 12.2. The highest BCUT2D eigenvalue weighted by Gasteiger charge is 2.16. The molecule has 0 spiro atoms. The lowest BCUT2D eigenvalue weighted by molar-refractivity contribution is -0.121. The first kappa shape index (κ1) is 25.5. The molecule has 178 valence electrons. The molecule has 3 N–H and O–H groups in total. The Bertz CT molecular complexity index is 955. The standard InChI is InChI=1S/C24H31N3O6/c1-24(2,3)33-23(30)25-13-12-21(28)26-15-17-8-7-9-18(14-17)27-22(29)16-32-20-11-6-5-10-19(20)31-4/h5-11,14H,12-13,15-16H2,1-4H3,(H,25,30)(H,26,28)(H,27,29). The molecular formula is C24H31N3O6. The van der Waals surface area contributed by atoms with E-state index in [1.165, 1.54) is 7.11 Å². The van der Waals surface area contributed by atoms with Gasteiger partial charge in [0, 0.05) is 25.2 Å². The van der Waals surface area contributed by atoms with Crippen molar-refractivity contribution in [1.82, 2.24) is 10.6 Å². The van der Waals surface area contributed by atoms with Gasteiger partial charge in [0.25, 0.3) is 5.91 Å². The summed E-state index contributed by atoms with van der Waals surface area (Å²) in [4.78, 5) is 35.8. The molecule has 0 heterocycles. The molecule has 9 nitrogen and oxygen atoms in total. The van der Waals surface area contributed by atoms with Gasteiger partial charge in [-0.25, -0.2) is 4.79 Å². The van der Waals surface area contributed by atoms with Crippen LogP contribution in [0, 0.1) is 0 Å². The lowest BCUT2D eigenvalue weighted by Gasteiger charge is -2.19. The van der Waals surface area contributed by atoms with E-state index < -0.39 is 11.7 Å². The largest absolute Gasteiger partial charge is 0.493 e. The molecule has 0 bridgehead atoms. The number of benzene rings is 2. The molecule has 0 saturated heterocycles.